The standard InChI is InChI=1S/C10H10N4O2S/c1-16-8-2-3-9(15)7(4-8)5-12-14-6-11-13-10(14)17/h2-6,15H,1H3,(H,13,17)/b12-5+. The van der Waals surface area contributed by atoms with E-state index in [1.807, 2.05) is 0 Å². The number of nitrogens with one attached hydrogen (secondary N) is 1. The van der Waals surface area contributed by atoms with Crippen molar-refractivity contribution in [1.82, 2.24) is 14.9 Å². The first kappa shape index (κ1) is 11.3. The third kappa shape index (κ3) is 2.51. The number of aromatic nitrogens is 3. The predicted octanol–water partition coefficient (Wildman–Crippen LogP) is 1.54. The molecule has 2 aromatic rings. The van der Waals surface area contributed by atoms with Gasteiger partial charge in [-0.05, 0) is 30.4 Å². The molecule has 0 aliphatic carbocycles. The molecular formula is C10H10N4O2S. The summed E-state index contributed by atoms with van der Waals surface area (Å²) in [4.78, 5) is 0. The van der Waals surface area contributed by atoms with Crippen molar-refractivity contribution >= 4 is 18.4 Å². The average molecular weight is 250 g/mol. The highest BCUT2D eigenvalue weighted by molar-refractivity contribution is 7.71. The van der Waals surface area contributed by atoms with Gasteiger partial charge in [-0.25, -0.2) is 0 Å². The summed E-state index contributed by atoms with van der Waals surface area (Å²) in [7, 11) is 1.56. The Bertz CT molecular complexity index is 602. The molecule has 17 heavy (non-hydrogen) atoms. The van der Waals surface area contributed by atoms with Crippen LogP contribution in [0.2, 0.25) is 0 Å². The molecule has 0 aliphatic rings. The van der Waals surface area contributed by atoms with Gasteiger partial charge in [-0.1, -0.05) is 0 Å². The third-order valence-corrected chi connectivity index (χ3v) is 2.37. The first-order chi connectivity index (χ1) is 8.20. The second-order valence-corrected chi connectivity index (χ2v) is 3.56. The minimum atomic E-state index is 0.115. The average Bonchev–Trinajstić information content (AvgIpc) is 2.74. The molecule has 2 rings (SSSR count). The van der Waals surface area contributed by atoms with Crippen LogP contribution in [0.25, 0.3) is 0 Å². The predicted molar refractivity (Wildman–Crippen MR) is 65.1 cm³/mol. The summed E-state index contributed by atoms with van der Waals surface area (Å²) in [6, 6.07) is 4.87. The third-order valence-electron chi connectivity index (χ3n) is 2.09. The van der Waals surface area contributed by atoms with E-state index in [1.54, 1.807) is 19.2 Å². The van der Waals surface area contributed by atoms with Crippen molar-refractivity contribution in [3.05, 3.63) is 34.9 Å². The molecule has 6 nitrogen and oxygen atoms in total. The van der Waals surface area contributed by atoms with E-state index < -0.39 is 0 Å². The molecule has 1 aromatic heterocycles. The van der Waals surface area contributed by atoms with Gasteiger partial charge in [0.25, 0.3) is 0 Å². The van der Waals surface area contributed by atoms with Gasteiger partial charge in [-0.2, -0.15) is 14.9 Å². The lowest BCUT2D eigenvalue weighted by atomic mass is 10.2. The molecule has 0 saturated carbocycles. The Morgan fingerprint density at radius 1 is 1.59 bits per heavy atom. The van der Waals surface area contributed by atoms with Crippen LogP contribution in [0.1, 0.15) is 5.56 Å². The number of benzene rings is 1. The fraction of sp³-hybridized carbons (Fsp3) is 0.100. The quantitative estimate of drug-likeness (QED) is 0.640. The minimum absolute atomic E-state index is 0.115. The number of H-pyrrole nitrogens is 1. The maximum absolute atomic E-state index is 9.62. The highest BCUT2D eigenvalue weighted by atomic mass is 32.1. The van der Waals surface area contributed by atoms with Crippen molar-refractivity contribution in [3.63, 3.8) is 0 Å². The number of hydrogen-bond acceptors (Lipinski definition) is 5. The summed E-state index contributed by atoms with van der Waals surface area (Å²) >= 11 is 4.93. The van der Waals surface area contributed by atoms with E-state index in [0.717, 1.165) is 0 Å². The van der Waals surface area contributed by atoms with Crippen molar-refractivity contribution in [2.75, 3.05) is 7.11 Å². The molecule has 0 unspecified atom stereocenters. The SMILES string of the molecule is COc1ccc(O)c(/C=N/n2cn[nH]c2=S)c1. The zero-order valence-corrected chi connectivity index (χ0v) is 9.81. The first-order valence-electron chi connectivity index (χ1n) is 4.74. The van der Waals surface area contributed by atoms with Crippen molar-refractivity contribution in [1.29, 1.82) is 0 Å². The van der Waals surface area contributed by atoms with Crippen LogP contribution in [0, 0.1) is 4.77 Å². The van der Waals surface area contributed by atoms with Gasteiger partial charge < -0.3 is 9.84 Å². The zero-order valence-electron chi connectivity index (χ0n) is 8.99. The highest BCUT2D eigenvalue weighted by Gasteiger charge is 2.00. The Balaban J connectivity index is 2.32. The second kappa shape index (κ2) is 4.79. The molecule has 1 aromatic carbocycles. The number of ether oxygens (including phenoxy) is 1. The highest BCUT2D eigenvalue weighted by Crippen LogP contribution is 2.21. The van der Waals surface area contributed by atoms with Crippen LogP contribution >= 0.6 is 12.2 Å². The summed E-state index contributed by atoms with van der Waals surface area (Å²) in [6.45, 7) is 0. The number of aromatic hydroxyl groups is 1. The number of phenols is 1. The summed E-state index contributed by atoms with van der Waals surface area (Å²) in [5.41, 5.74) is 0.535. The molecule has 0 saturated heterocycles. The zero-order chi connectivity index (χ0) is 12.3. The fourth-order valence-corrected chi connectivity index (χ4v) is 1.36. The lowest BCUT2D eigenvalue weighted by molar-refractivity contribution is 0.412. The number of phenolic OH excluding ortho intramolecular Hbond substituents is 1. The molecule has 0 atom stereocenters. The van der Waals surface area contributed by atoms with Crippen molar-refractivity contribution < 1.29 is 9.84 Å². The summed E-state index contributed by atoms with van der Waals surface area (Å²) in [6.07, 6.45) is 2.92. The molecule has 2 N–H and O–H groups in total. The molecule has 0 aliphatic heterocycles. The Morgan fingerprint density at radius 3 is 3.06 bits per heavy atom. The molecule has 1 heterocycles. The van der Waals surface area contributed by atoms with E-state index in [-0.39, 0.29) is 5.75 Å². The van der Waals surface area contributed by atoms with E-state index in [1.165, 1.54) is 23.3 Å². The van der Waals surface area contributed by atoms with Gasteiger partial charge in [0.2, 0.25) is 4.77 Å². The topological polar surface area (TPSA) is 75.4 Å². The van der Waals surface area contributed by atoms with Gasteiger partial charge in [-0.15, -0.1) is 0 Å². The largest absolute Gasteiger partial charge is 0.507 e. The molecule has 7 heteroatoms. The number of nitrogens with zero attached hydrogens (tertiary/aromatic N) is 3. The Morgan fingerprint density at radius 2 is 2.41 bits per heavy atom. The van der Waals surface area contributed by atoms with E-state index in [4.69, 9.17) is 17.0 Å². The molecule has 0 bridgehead atoms. The smallest absolute Gasteiger partial charge is 0.216 e. The summed E-state index contributed by atoms with van der Waals surface area (Å²) in [5, 5.41) is 20.0. The van der Waals surface area contributed by atoms with Crippen LogP contribution in [-0.4, -0.2) is 33.3 Å². The molecule has 0 radical (unpaired) electrons. The van der Waals surface area contributed by atoms with Gasteiger partial charge in [0, 0.05) is 5.56 Å². The monoisotopic (exact) mass is 250 g/mol. The molecule has 0 spiro atoms. The van der Waals surface area contributed by atoms with E-state index in [0.29, 0.717) is 16.1 Å². The Hall–Kier alpha value is -2.15. The fourth-order valence-electron chi connectivity index (χ4n) is 1.21. The number of hydrogen-bond donors (Lipinski definition) is 2. The van der Waals surface area contributed by atoms with Crippen LogP contribution in [0.3, 0.4) is 0 Å². The van der Waals surface area contributed by atoms with E-state index in [2.05, 4.69) is 15.3 Å². The number of methoxy groups -OCH3 is 1. The van der Waals surface area contributed by atoms with Crippen LogP contribution in [0.15, 0.2) is 29.6 Å². The normalized spacial score (nSPS) is 10.9. The Kier molecular flexibility index (Phi) is 3.20. The molecular weight excluding hydrogens is 240 g/mol. The minimum Gasteiger partial charge on any atom is -0.507 e. The number of aromatic amines is 1. The van der Waals surface area contributed by atoms with Crippen molar-refractivity contribution in [3.8, 4) is 11.5 Å². The lowest BCUT2D eigenvalue weighted by Crippen LogP contribution is -1.91. The number of rotatable bonds is 3. The van der Waals surface area contributed by atoms with Crippen LogP contribution in [0.5, 0.6) is 11.5 Å². The van der Waals surface area contributed by atoms with Gasteiger partial charge in [0.15, 0.2) is 0 Å². The van der Waals surface area contributed by atoms with Gasteiger partial charge in [0.1, 0.15) is 17.8 Å². The van der Waals surface area contributed by atoms with Crippen LogP contribution < -0.4 is 4.74 Å². The maximum Gasteiger partial charge on any atom is 0.216 e. The van der Waals surface area contributed by atoms with Crippen molar-refractivity contribution in [2.45, 2.75) is 0 Å². The van der Waals surface area contributed by atoms with Crippen molar-refractivity contribution in [2.24, 2.45) is 5.10 Å². The molecule has 88 valence electrons. The van der Waals surface area contributed by atoms with Crippen LogP contribution in [0.4, 0.5) is 0 Å². The first-order valence-corrected chi connectivity index (χ1v) is 5.15. The van der Waals surface area contributed by atoms with Crippen LogP contribution in [-0.2, 0) is 0 Å². The molecule has 0 fully saturated rings. The Labute approximate surface area is 102 Å². The van der Waals surface area contributed by atoms with Gasteiger partial charge in [-0.3, -0.25) is 5.10 Å². The lowest BCUT2D eigenvalue weighted by Gasteiger charge is -2.02. The summed E-state index contributed by atoms with van der Waals surface area (Å²) < 4.78 is 6.81. The molecule has 0 amide bonds. The van der Waals surface area contributed by atoms with Gasteiger partial charge >= 0.3 is 0 Å². The van der Waals surface area contributed by atoms with E-state index >= 15 is 0 Å². The van der Waals surface area contributed by atoms with Gasteiger partial charge in [0.05, 0.1) is 13.3 Å². The maximum atomic E-state index is 9.62. The van der Waals surface area contributed by atoms with E-state index in [9.17, 15) is 5.11 Å². The summed E-state index contributed by atoms with van der Waals surface area (Å²) in [5.74, 6) is 0.754. The second-order valence-electron chi connectivity index (χ2n) is 3.18.